The van der Waals surface area contributed by atoms with Crippen LogP contribution in [0.4, 0.5) is 4.79 Å². The topological polar surface area (TPSA) is 55.8 Å². The highest BCUT2D eigenvalue weighted by Gasteiger charge is 2.34. The standard InChI is InChI=1S/C21H18ClI2NO4S/c1-28-8-4-7-25-20(26)18(30-21(25)27)11-13-9-16(23)19(17(24)10-13)29-12-14-5-2-3-6-15(14)22/h2-3,5-6,9-11H,4,7-8,12H2,1H3/b18-11+. The first kappa shape index (κ1) is 23.8. The maximum absolute atomic E-state index is 12.6. The molecule has 0 atom stereocenters. The van der Waals surface area contributed by atoms with E-state index in [4.69, 9.17) is 21.1 Å². The number of nitrogens with zero attached hydrogens (tertiary/aromatic N) is 1. The number of ether oxygens (including phenoxy) is 2. The molecule has 1 heterocycles. The molecule has 1 saturated heterocycles. The van der Waals surface area contributed by atoms with Crippen molar-refractivity contribution < 1.29 is 19.1 Å². The van der Waals surface area contributed by atoms with Gasteiger partial charge in [-0.1, -0.05) is 29.8 Å². The summed E-state index contributed by atoms with van der Waals surface area (Å²) in [6.45, 7) is 1.23. The predicted molar refractivity (Wildman–Crippen MR) is 137 cm³/mol. The van der Waals surface area contributed by atoms with Crippen molar-refractivity contribution >= 4 is 85.8 Å². The Labute approximate surface area is 211 Å². The maximum Gasteiger partial charge on any atom is 0.293 e. The van der Waals surface area contributed by atoms with Crippen molar-refractivity contribution in [1.82, 2.24) is 4.90 Å². The number of hydrogen-bond acceptors (Lipinski definition) is 5. The molecule has 1 aliphatic rings. The first-order valence-electron chi connectivity index (χ1n) is 9.00. The van der Waals surface area contributed by atoms with Crippen LogP contribution in [0.25, 0.3) is 6.08 Å². The number of thioether (sulfide) groups is 1. The lowest BCUT2D eigenvalue weighted by Crippen LogP contribution is -2.29. The van der Waals surface area contributed by atoms with Crippen LogP contribution < -0.4 is 4.74 Å². The minimum Gasteiger partial charge on any atom is -0.487 e. The number of halogens is 3. The van der Waals surface area contributed by atoms with Crippen LogP contribution in [0.15, 0.2) is 41.3 Å². The number of imide groups is 1. The molecule has 5 nitrogen and oxygen atoms in total. The highest BCUT2D eigenvalue weighted by Crippen LogP contribution is 2.35. The maximum atomic E-state index is 12.6. The van der Waals surface area contributed by atoms with Crippen molar-refractivity contribution in [2.75, 3.05) is 20.3 Å². The van der Waals surface area contributed by atoms with Gasteiger partial charge in [0.1, 0.15) is 12.4 Å². The second-order valence-electron chi connectivity index (χ2n) is 6.37. The second kappa shape index (κ2) is 11.2. The zero-order valence-corrected chi connectivity index (χ0v) is 21.9. The average molecular weight is 670 g/mol. The fourth-order valence-electron chi connectivity index (χ4n) is 2.78. The highest BCUT2D eigenvalue weighted by molar-refractivity contribution is 14.1. The second-order valence-corrected chi connectivity index (χ2v) is 10.1. The lowest BCUT2D eigenvalue weighted by atomic mass is 10.2. The first-order valence-corrected chi connectivity index (χ1v) is 12.4. The molecule has 0 unspecified atom stereocenters. The zero-order chi connectivity index (χ0) is 21.7. The number of amides is 2. The summed E-state index contributed by atoms with van der Waals surface area (Å²) in [5.74, 6) is 0.506. The largest absolute Gasteiger partial charge is 0.487 e. The predicted octanol–water partition coefficient (Wildman–Crippen LogP) is 6.20. The Kier molecular flexibility index (Phi) is 8.87. The van der Waals surface area contributed by atoms with E-state index in [0.717, 1.165) is 35.8 Å². The van der Waals surface area contributed by atoms with Crippen LogP contribution in [0.2, 0.25) is 5.02 Å². The van der Waals surface area contributed by atoms with Crippen LogP contribution in [0.1, 0.15) is 17.5 Å². The van der Waals surface area contributed by atoms with Crippen molar-refractivity contribution in [2.45, 2.75) is 13.0 Å². The molecular weight excluding hydrogens is 652 g/mol. The molecule has 1 fully saturated rings. The molecule has 0 saturated carbocycles. The van der Waals surface area contributed by atoms with Gasteiger partial charge >= 0.3 is 0 Å². The fraction of sp³-hybridized carbons (Fsp3) is 0.238. The van der Waals surface area contributed by atoms with Crippen LogP contribution in [0.3, 0.4) is 0 Å². The summed E-state index contributed by atoms with van der Waals surface area (Å²) >= 11 is 11.6. The van der Waals surface area contributed by atoms with E-state index >= 15 is 0 Å². The first-order chi connectivity index (χ1) is 14.4. The molecule has 30 heavy (non-hydrogen) atoms. The number of carbonyl (C=O) groups is 2. The van der Waals surface area contributed by atoms with Crippen molar-refractivity contribution in [3.8, 4) is 5.75 Å². The molecule has 0 radical (unpaired) electrons. The number of benzene rings is 2. The summed E-state index contributed by atoms with van der Waals surface area (Å²) in [5, 5.41) is 0.423. The Bertz CT molecular complexity index is 976. The SMILES string of the molecule is COCCCN1C(=O)S/C(=C/c2cc(I)c(OCc3ccccc3Cl)c(I)c2)C1=O. The summed E-state index contributed by atoms with van der Waals surface area (Å²) in [5.41, 5.74) is 1.76. The lowest BCUT2D eigenvalue weighted by Gasteiger charge is -2.13. The normalized spacial score (nSPS) is 15.3. The summed E-state index contributed by atoms with van der Waals surface area (Å²) in [4.78, 5) is 26.4. The van der Waals surface area contributed by atoms with Gasteiger partial charge in [-0.25, -0.2) is 0 Å². The molecule has 1 aliphatic heterocycles. The molecule has 158 valence electrons. The van der Waals surface area contributed by atoms with Crippen LogP contribution in [-0.2, 0) is 16.1 Å². The Balaban J connectivity index is 1.74. The molecule has 9 heteroatoms. The van der Waals surface area contributed by atoms with Crippen LogP contribution >= 0.6 is 68.5 Å². The van der Waals surface area contributed by atoms with Gasteiger partial charge in [-0.05, 0) is 93.2 Å². The van der Waals surface area contributed by atoms with Crippen LogP contribution in [0.5, 0.6) is 5.75 Å². The quantitative estimate of drug-likeness (QED) is 0.191. The smallest absolute Gasteiger partial charge is 0.293 e. The fourth-order valence-corrected chi connectivity index (χ4v) is 5.96. The van der Waals surface area contributed by atoms with Crippen molar-refractivity contribution in [2.24, 2.45) is 0 Å². The number of methoxy groups -OCH3 is 1. The monoisotopic (exact) mass is 669 g/mol. The van der Waals surface area contributed by atoms with E-state index in [2.05, 4.69) is 45.2 Å². The van der Waals surface area contributed by atoms with Gasteiger partial charge in [-0.3, -0.25) is 14.5 Å². The van der Waals surface area contributed by atoms with Crippen molar-refractivity contribution in [3.63, 3.8) is 0 Å². The molecule has 0 aromatic heterocycles. The Morgan fingerprint density at radius 2 is 1.87 bits per heavy atom. The summed E-state index contributed by atoms with van der Waals surface area (Å²) in [7, 11) is 1.60. The zero-order valence-electron chi connectivity index (χ0n) is 16.0. The van der Waals surface area contributed by atoms with E-state index in [0.29, 0.717) is 36.1 Å². The van der Waals surface area contributed by atoms with E-state index < -0.39 is 0 Å². The highest BCUT2D eigenvalue weighted by atomic mass is 127. The Morgan fingerprint density at radius 1 is 1.17 bits per heavy atom. The minimum atomic E-state index is -0.259. The molecule has 2 amide bonds. The Hall–Kier alpha value is -0.820. The van der Waals surface area contributed by atoms with E-state index in [1.807, 2.05) is 36.4 Å². The number of carbonyl (C=O) groups excluding carboxylic acids is 2. The van der Waals surface area contributed by atoms with Crippen molar-refractivity contribution in [3.05, 3.63) is 64.6 Å². The summed E-state index contributed by atoms with van der Waals surface area (Å²) in [6, 6.07) is 11.4. The van der Waals surface area contributed by atoms with Gasteiger partial charge in [0.05, 0.1) is 12.0 Å². The summed E-state index contributed by atoms with van der Waals surface area (Å²) in [6.07, 6.45) is 2.37. The molecule has 0 aliphatic carbocycles. The Morgan fingerprint density at radius 3 is 2.53 bits per heavy atom. The molecule has 3 rings (SSSR count). The van der Waals surface area contributed by atoms with Crippen LogP contribution in [0, 0.1) is 7.14 Å². The van der Waals surface area contributed by atoms with E-state index in [-0.39, 0.29) is 11.1 Å². The molecular formula is C21H18ClI2NO4S. The molecule has 0 N–H and O–H groups in total. The van der Waals surface area contributed by atoms with Gasteiger partial charge in [0.15, 0.2) is 0 Å². The number of rotatable bonds is 8. The molecule has 2 aromatic carbocycles. The van der Waals surface area contributed by atoms with Gasteiger partial charge in [0.2, 0.25) is 0 Å². The van der Waals surface area contributed by atoms with E-state index in [1.54, 1.807) is 13.2 Å². The van der Waals surface area contributed by atoms with Gasteiger partial charge in [0.25, 0.3) is 11.1 Å². The van der Waals surface area contributed by atoms with Gasteiger partial charge in [-0.15, -0.1) is 0 Å². The van der Waals surface area contributed by atoms with Crippen molar-refractivity contribution in [1.29, 1.82) is 0 Å². The lowest BCUT2D eigenvalue weighted by molar-refractivity contribution is -0.122. The van der Waals surface area contributed by atoms with E-state index in [9.17, 15) is 9.59 Å². The van der Waals surface area contributed by atoms with Gasteiger partial charge in [0, 0.05) is 30.8 Å². The van der Waals surface area contributed by atoms with Gasteiger partial charge in [-0.2, -0.15) is 0 Å². The molecule has 0 spiro atoms. The number of hydrogen-bond donors (Lipinski definition) is 0. The average Bonchev–Trinajstić information content (AvgIpc) is 2.96. The third-order valence-electron chi connectivity index (χ3n) is 4.25. The summed E-state index contributed by atoms with van der Waals surface area (Å²) < 4.78 is 12.8. The minimum absolute atomic E-state index is 0.244. The van der Waals surface area contributed by atoms with Gasteiger partial charge < -0.3 is 9.47 Å². The third kappa shape index (κ3) is 5.90. The van der Waals surface area contributed by atoms with E-state index in [1.165, 1.54) is 4.90 Å². The van der Waals surface area contributed by atoms with Crippen LogP contribution in [-0.4, -0.2) is 36.3 Å². The molecule has 2 aromatic rings. The molecule has 0 bridgehead atoms. The third-order valence-corrected chi connectivity index (χ3v) is 7.13.